The van der Waals surface area contributed by atoms with Crippen LogP contribution in [0.15, 0.2) is 18.2 Å². The third-order valence-corrected chi connectivity index (χ3v) is 4.41. The lowest BCUT2D eigenvalue weighted by Gasteiger charge is -2.23. The van der Waals surface area contributed by atoms with E-state index < -0.39 is 21.4 Å². The van der Waals surface area contributed by atoms with Crippen LogP contribution in [0.25, 0.3) is 0 Å². The van der Waals surface area contributed by atoms with Crippen molar-refractivity contribution in [3.63, 3.8) is 0 Å². The van der Waals surface area contributed by atoms with Crippen LogP contribution in [-0.4, -0.2) is 27.0 Å². The molecule has 0 heterocycles. The van der Waals surface area contributed by atoms with Crippen molar-refractivity contribution in [1.82, 2.24) is 0 Å². The van der Waals surface area contributed by atoms with Crippen LogP contribution in [0, 0.1) is 5.92 Å². The third-order valence-electron chi connectivity index (χ3n) is 3.43. The van der Waals surface area contributed by atoms with Crippen LogP contribution in [-0.2, 0) is 32.5 Å². The largest absolute Gasteiger partial charge is 0.534 e. The summed E-state index contributed by atoms with van der Waals surface area (Å²) in [7, 11) is -4.39. The SMILES string of the molecule is COC(=O)C1CCc2cc(OS(=O)(=O)C(F)(F)F)ccc2C1. The van der Waals surface area contributed by atoms with Crippen molar-refractivity contribution in [3.05, 3.63) is 29.3 Å². The van der Waals surface area contributed by atoms with Gasteiger partial charge >= 0.3 is 21.6 Å². The number of hydrogen-bond donors (Lipinski definition) is 0. The van der Waals surface area contributed by atoms with E-state index in [1.165, 1.54) is 19.2 Å². The number of fused-ring (bicyclic) bond motifs is 1. The van der Waals surface area contributed by atoms with Gasteiger partial charge in [0.05, 0.1) is 13.0 Å². The van der Waals surface area contributed by atoms with Crippen molar-refractivity contribution in [2.75, 3.05) is 7.11 Å². The summed E-state index contributed by atoms with van der Waals surface area (Å²) in [5.74, 6) is -1.04. The third kappa shape index (κ3) is 3.34. The average Bonchev–Trinajstić information content (AvgIpc) is 2.44. The van der Waals surface area contributed by atoms with E-state index in [-0.39, 0.29) is 11.9 Å². The summed E-state index contributed by atoms with van der Waals surface area (Å²) >= 11 is 0. The molecule has 2 rings (SSSR count). The topological polar surface area (TPSA) is 69.7 Å². The Morgan fingerprint density at radius 1 is 1.27 bits per heavy atom. The van der Waals surface area contributed by atoms with E-state index in [4.69, 9.17) is 0 Å². The van der Waals surface area contributed by atoms with E-state index >= 15 is 0 Å². The molecule has 0 saturated carbocycles. The van der Waals surface area contributed by atoms with E-state index in [0.29, 0.717) is 24.8 Å². The zero-order chi connectivity index (χ0) is 16.5. The number of esters is 1. The van der Waals surface area contributed by atoms with E-state index in [0.717, 1.165) is 11.6 Å². The smallest absolute Gasteiger partial charge is 0.469 e. The molecule has 9 heteroatoms. The summed E-state index contributed by atoms with van der Waals surface area (Å²) in [6.07, 6.45) is 1.31. The second-order valence-corrected chi connectivity index (χ2v) is 6.41. The highest BCUT2D eigenvalue weighted by molar-refractivity contribution is 7.88. The summed E-state index contributed by atoms with van der Waals surface area (Å²) in [5, 5.41) is 0. The molecule has 122 valence electrons. The number of ether oxygens (including phenoxy) is 1. The normalized spacial score (nSPS) is 18.5. The van der Waals surface area contributed by atoms with Crippen LogP contribution < -0.4 is 4.18 Å². The lowest BCUT2D eigenvalue weighted by Crippen LogP contribution is -2.28. The van der Waals surface area contributed by atoms with E-state index in [9.17, 15) is 26.4 Å². The molecule has 1 aliphatic rings. The lowest BCUT2D eigenvalue weighted by molar-refractivity contribution is -0.145. The van der Waals surface area contributed by atoms with Gasteiger partial charge in [0, 0.05) is 0 Å². The molecule has 0 bridgehead atoms. The van der Waals surface area contributed by atoms with Gasteiger partial charge < -0.3 is 8.92 Å². The van der Waals surface area contributed by atoms with Crippen LogP contribution in [0.4, 0.5) is 13.2 Å². The van der Waals surface area contributed by atoms with Gasteiger partial charge in [-0.1, -0.05) is 6.07 Å². The first-order chi connectivity index (χ1) is 10.1. The van der Waals surface area contributed by atoms with E-state index in [1.54, 1.807) is 0 Å². The van der Waals surface area contributed by atoms with E-state index in [1.807, 2.05) is 0 Å². The molecular weight excluding hydrogens is 325 g/mol. The maximum atomic E-state index is 12.3. The van der Waals surface area contributed by atoms with Gasteiger partial charge in [-0.05, 0) is 42.5 Å². The van der Waals surface area contributed by atoms with Crippen LogP contribution in [0.1, 0.15) is 17.5 Å². The Hall–Kier alpha value is -1.77. The van der Waals surface area contributed by atoms with Crippen LogP contribution in [0.5, 0.6) is 5.75 Å². The van der Waals surface area contributed by atoms with Crippen LogP contribution in [0.2, 0.25) is 0 Å². The fourth-order valence-electron chi connectivity index (χ4n) is 2.33. The number of carbonyl (C=O) groups excluding carboxylic acids is 1. The molecule has 0 N–H and O–H groups in total. The average molecular weight is 338 g/mol. The first-order valence-corrected chi connectivity index (χ1v) is 7.75. The molecule has 1 aromatic rings. The molecule has 1 aliphatic carbocycles. The molecule has 5 nitrogen and oxygen atoms in total. The Labute approximate surface area is 125 Å². The van der Waals surface area contributed by atoms with Crippen molar-refractivity contribution >= 4 is 16.1 Å². The Balaban J connectivity index is 2.19. The standard InChI is InChI=1S/C13H13F3O5S/c1-20-12(17)10-3-2-9-7-11(5-4-8(9)6-10)21-22(18,19)13(14,15)16/h4-5,7,10H,2-3,6H2,1H3. The monoisotopic (exact) mass is 338 g/mol. The molecule has 1 aromatic carbocycles. The van der Waals surface area contributed by atoms with Gasteiger partial charge in [0.1, 0.15) is 5.75 Å². The number of methoxy groups -OCH3 is 1. The molecule has 1 atom stereocenters. The van der Waals surface area contributed by atoms with Crippen molar-refractivity contribution in [1.29, 1.82) is 0 Å². The number of halogens is 3. The molecule has 0 fully saturated rings. The van der Waals surface area contributed by atoms with Gasteiger partial charge in [0.25, 0.3) is 0 Å². The molecular formula is C13H13F3O5S. The van der Waals surface area contributed by atoms with Gasteiger partial charge in [-0.3, -0.25) is 4.79 Å². The summed E-state index contributed by atoms with van der Waals surface area (Å²) in [4.78, 5) is 11.5. The molecule has 0 aliphatic heterocycles. The van der Waals surface area contributed by atoms with E-state index in [2.05, 4.69) is 8.92 Å². The van der Waals surface area contributed by atoms with Gasteiger partial charge in [-0.2, -0.15) is 21.6 Å². The first-order valence-electron chi connectivity index (χ1n) is 6.34. The molecule has 0 aromatic heterocycles. The second-order valence-electron chi connectivity index (χ2n) is 4.88. The van der Waals surface area contributed by atoms with Crippen molar-refractivity contribution < 1.29 is 35.3 Å². The highest BCUT2D eigenvalue weighted by Gasteiger charge is 2.48. The van der Waals surface area contributed by atoms with Crippen molar-refractivity contribution in [3.8, 4) is 5.75 Å². The summed E-state index contributed by atoms with van der Waals surface area (Å²) in [5.41, 5.74) is -4.05. The van der Waals surface area contributed by atoms with Crippen LogP contribution in [0.3, 0.4) is 0 Å². The number of hydrogen-bond acceptors (Lipinski definition) is 5. The maximum Gasteiger partial charge on any atom is 0.534 e. The van der Waals surface area contributed by atoms with Gasteiger partial charge in [0.2, 0.25) is 0 Å². The highest BCUT2D eigenvalue weighted by atomic mass is 32.2. The minimum absolute atomic E-state index is 0.303. The minimum atomic E-state index is -5.68. The lowest BCUT2D eigenvalue weighted by atomic mass is 9.84. The minimum Gasteiger partial charge on any atom is -0.469 e. The zero-order valence-electron chi connectivity index (χ0n) is 11.5. The van der Waals surface area contributed by atoms with Crippen molar-refractivity contribution in [2.45, 2.75) is 24.8 Å². The molecule has 0 amide bonds. The Morgan fingerprint density at radius 3 is 2.55 bits per heavy atom. The fraction of sp³-hybridized carbons (Fsp3) is 0.462. The highest BCUT2D eigenvalue weighted by Crippen LogP contribution is 2.32. The molecule has 0 saturated heterocycles. The van der Waals surface area contributed by atoms with Gasteiger partial charge in [0.15, 0.2) is 0 Å². The predicted octanol–water partition coefficient (Wildman–Crippen LogP) is 2.19. The summed E-state index contributed by atoms with van der Waals surface area (Å²) in [6, 6.07) is 3.86. The van der Waals surface area contributed by atoms with Gasteiger partial charge in [-0.15, -0.1) is 0 Å². The number of aryl methyl sites for hydroxylation is 1. The number of alkyl halides is 3. The fourth-order valence-corrected chi connectivity index (χ4v) is 2.78. The Kier molecular flexibility index (Phi) is 4.37. The predicted molar refractivity (Wildman–Crippen MR) is 69.6 cm³/mol. The molecule has 0 spiro atoms. The zero-order valence-corrected chi connectivity index (χ0v) is 12.3. The Morgan fingerprint density at radius 2 is 1.95 bits per heavy atom. The maximum absolute atomic E-state index is 12.3. The molecule has 0 radical (unpaired) electrons. The number of carbonyl (C=O) groups is 1. The quantitative estimate of drug-likeness (QED) is 0.480. The van der Waals surface area contributed by atoms with Crippen LogP contribution >= 0.6 is 0 Å². The number of benzene rings is 1. The first kappa shape index (κ1) is 16.6. The van der Waals surface area contributed by atoms with Gasteiger partial charge in [-0.25, -0.2) is 0 Å². The van der Waals surface area contributed by atoms with Crippen molar-refractivity contribution in [2.24, 2.45) is 5.92 Å². The number of rotatable bonds is 3. The summed E-state index contributed by atoms with van der Waals surface area (Å²) in [6.45, 7) is 0. The molecule has 22 heavy (non-hydrogen) atoms. The second kappa shape index (κ2) is 5.79. The molecule has 1 unspecified atom stereocenters. The summed E-state index contributed by atoms with van der Waals surface area (Å²) < 4.78 is 67.5. The Bertz CT molecular complexity index is 681.